The number of carbonyl (C=O) groups excluding carboxylic acids is 1. The van der Waals surface area contributed by atoms with E-state index in [-0.39, 0.29) is 11.3 Å². The van der Waals surface area contributed by atoms with Gasteiger partial charge in [-0.1, -0.05) is 6.92 Å². The lowest BCUT2D eigenvalue weighted by atomic mass is 9.80. The number of piperidine rings is 1. The second-order valence-corrected chi connectivity index (χ2v) is 5.66. The van der Waals surface area contributed by atoms with Gasteiger partial charge in [-0.3, -0.25) is 4.79 Å². The zero-order chi connectivity index (χ0) is 13.9. The molecule has 1 aromatic heterocycles. The van der Waals surface area contributed by atoms with Crippen LogP contribution in [0.5, 0.6) is 0 Å². The van der Waals surface area contributed by atoms with Gasteiger partial charge in [0, 0.05) is 24.4 Å². The normalized spacial score (nSPS) is 19.1. The fourth-order valence-electron chi connectivity index (χ4n) is 2.27. The van der Waals surface area contributed by atoms with E-state index in [1.807, 2.05) is 0 Å². The van der Waals surface area contributed by atoms with Crippen LogP contribution in [0, 0.1) is 11.4 Å². The van der Waals surface area contributed by atoms with Crippen molar-refractivity contribution in [2.24, 2.45) is 5.41 Å². The zero-order valence-electron chi connectivity index (χ0n) is 11.4. The Hall–Kier alpha value is -1.49. The summed E-state index contributed by atoms with van der Waals surface area (Å²) >= 11 is 0. The second kappa shape index (κ2) is 5.65. The van der Waals surface area contributed by atoms with E-state index in [4.69, 9.17) is 0 Å². The molecule has 0 unspecified atom stereocenters. The van der Waals surface area contributed by atoms with Crippen molar-refractivity contribution in [2.45, 2.75) is 19.8 Å². The van der Waals surface area contributed by atoms with Crippen molar-refractivity contribution in [1.82, 2.24) is 15.2 Å². The molecule has 0 spiro atoms. The predicted molar refractivity (Wildman–Crippen MR) is 71.4 cm³/mol. The summed E-state index contributed by atoms with van der Waals surface area (Å²) in [5.41, 5.74) is 0.456. The number of pyridine rings is 1. The van der Waals surface area contributed by atoms with E-state index in [1.165, 1.54) is 12.3 Å². The van der Waals surface area contributed by atoms with E-state index in [0.29, 0.717) is 12.1 Å². The average Bonchev–Trinajstić information content (AvgIpc) is 2.40. The van der Waals surface area contributed by atoms with Crippen LogP contribution in [0.25, 0.3) is 0 Å². The highest BCUT2D eigenvalue weighted by molar-refractivity contribution is 5.94. The van der Waals surface area contributed by atoms with Crippen LogP contribution in [0.3, 0.4) is 0 Å². The molecule has 1 saturated heterocycles. The molecule has 0 atom stereocenters. The van der Waals surface area contributed by atoms with Crippen molar-refractivity contribution in [1.29, 1.82) is 0 Å². The Labute approximate surface area is 113 Å². The summed E-state index contributed by atoms with van der Waals surface area (Å²) in [5, 5.41) is 2.90. The van der Waals surface area contributed by atoms with E-state index in [9.17, 15) is 9.18 Å². The summed E-state index contributed by atoms with van der Waals surface area (Å²) < 4.78 is 12.9. The number of nitrogens with one attached hydrogen (secondary N) is 1. The molecule has 2 heterocycles. The molecule has 0 bridgehead atoms. The van der Waals surface area contributed by atoms with Crippen LogP contribution in [0.15, 0.2) is 18.3 Å². The van der Waals surface area contributed by atoms with Crippen LogP contribution in [0.4, 0.5) is 4.39 Å². The minimum Gasteiger partial charge on any atom is -0.351 e. The highest BCUT2D eigenvalue weighted by Gasteiger charge is 2.29. The molecule has 2 rings (SSSR count). The van der Waals surface area contributed by atoms with Gasteiger partial charge in [-0.15, -0.1) is 0 Å². The molecule has 4 nitrogen and oxygen atoms in total. The number of nitrogens with zero attached hydrogens (tertiary/aromatic N) is 2. The van der Waals surface area contributed by atoms with Gasteiger partial charge in [0.25, 0.3) is 5.91 Å². The van der Waals surface area contributed by atoms with Crippen LogP contribution in [0.1, 0.15) is 30.1 Å². The first-order valence-corrected chi connectivity index (χ1v) is 6.57. The average molecular weight is 265 g/mol. The maximum atomic E-state index is 12.9. The Morgan fingerprint density at radius 2 is 2.21 bits per heavy atom. The third-order valence-electron chi connectivity index (χ3n) is 3.86. The monoisotopic (exact) mass is 265 g/mol. The van der Waals surface area contributed by atoms with Gasteiger partial charge in [0.15, 0.2) is 0 Å². The minimum absolute atomic E-state index is 0.133. The summed E-state index contributed by atoms with van der Waals surface area (Å²) in [6, 6.07) is 2.68. The SMILES string of the molecule is CN1CCC(C)(CNC(=O)c2ccnc(F)c2)CC1. The molecule has 19 heavy (non-hydrogen) atoms. The number of hydrogen-bond donors (Lipinski definition) is 1. The standard InChI is InChI=1S/C14H20FN3O/c1-14(4-7-18(2)8-5-14)10-17-13(19)11-3-6-16-12(15)9-11/h3,6,9H,4-5,7-8,10H2,1-2H3,(H,17,19). The molecule has 1 aliphatic heterocycles. The van der Waals surface area contributed by atoms with Gasteiger partial charge >= 0.3 is 0 Å². The Kier molecular flexibility index (Phi) is 4.14. The maximum absolute atomic E-state index is 12.9. The highest BCUT2D eigenvalue weighted by Crippen LogP contribution is 2.29. The lowest BCUT2D eigenvalue weighted by molar-refractivity contribution is 0.0891. The third kappa shape index (κ3) is 3.73. The molecule has 1 aromatic rings. The number of halogens is 1. The molecular weight excluding hydrogens is 245 g/mol. The number of aromatic nitrogens is 1. The lowest BCUT2D eigenvalue weighted by Crippen LogP contribution is -2.43. The summed E-state index contributed by atoms with van der Waals surface area (Å²) in [7, 11) is 2.11. The van der Waals surface area contributed by atoms with E-state index in [0.717, 1.165) is 32.0 Å². The van der Waals surface area contributed by atoms with Gasteiger partial charge in [0.05, 0.1) is 0 Å². The Morgan fingerprint density at radius 1 is 1.53 bits per heavy atom. The highest BCUT2D eigenvalue weighted by atomic mass is 19.1. The largest absolute Gasteiger partial charge is 0.351 e. The number of rotatable bonds is 3. The summed E-state index contributed by atoms with van der Waals surface area (Å²) in [6.07, 6.45) is 3.44. The Balaban J connectivity index is 1.90. The van der Waals surface area contributed by atoms with Crippen molar-refractivity contribution >= 4 is 5.91 Å². The molecule has 1 fully saturated rings. The fraction of sp³-hybridized carbons (Fsp3) is 0.571. The Bertz CT molecular complexity index is 456. The van der Waals surface area contributed by atoms with Crippen molar-refractivity contribution < 1.29 is 9.18 Å². The predicted octanol–water partition coefficient (Wildman–Crippen LogP) is 1.68. The topological polar surface area (TPSA) is 45.2 Å². The van der Waals surface area contributed by atoms with Gasteiger partial charge < -0.3 is 10.2 Å². The number of likely N-dealkylation sites (tertiary alicyclic amines) is 1. The summed E-state index contributed by atoms with van der Waals surface area (Å²) in [6.45, 7) is 4.92. The number of carbonyl (C=O) groups is 1. The molecule has 0 saturated carbocycles. The van der Waals surface area contributed by atoms with E-state index in [1.54, 1.807) is 0 Å². The Morgan fingerprint density at radius 3 is 2.84 bits per heavy atom. The first kappa shape index (κ1) is 13.9. The van der Waals surface area contributed by atoms with Gasteiger partial charge in [-0.25, -0.2) is 4.98 Å². The summed E-state index contributed by atoms with van der Waals surface area (Å²) in [5.74, 6) is -0.861. The quantitative estimate of drug-likeness (QED) is 0.846. The molecule has 1 aliphatic rings. The zero-order valence-corrected chi connectivity index (χ0v) is 11.4. The van der Waals surface area contributed by atoms with Crippen LogP contribution >= 0.6 is 0 Å². The fourth-order valence-corrected chi connectivity index (χ4v) is 2.27. The molecule has 5 heteroatoms. The summed E-state index contributed by atoms with van der Waals surface area (Å²) in [4.78, 5) is 17.7. The number of hydrogen-bond acceptors (Lipinski definition) is 3. The van der Waals surface area contributed by atoms with Crippen LogP contribution in [0.2, 0.25) is 0 Å². The van der Waals surface area contributed by atoms with E-state index >= 15 is 0 Å². The van der Waals surface area contributed by atoms with Crippen molar-refractivity contribution in [3.05, 3.63) is 29.8 Å². The maximum Gasteiger partial charge on any atom is 0.251 e. The van der Waals surface area contributed by atoms with Crippen LogP contribution in [-0.4, -0.2) is 42.5 Å². The van der Waals surface area contributed by atoms with Crippen LogP contribution < -0.4 is 5.32 Å². The van der Waals surface area contributed by atoms with Crippen molar-refractivity contribution in [3.8, 4) is 0 Å². The molecule has 0 aromatic carbocycles. The lowest BCUT2D eigenvalue weighted by Gasteiger charge is -2.37. The minimum atomic E-state index is -0.627. The van der Waals surface area contributed by atoms with E-state index < -0.39 is 5.95 Å². The van der Waals surface area contributed by atoms with E-state index in [2.05, 4.69) is 29.2 Å². The molecule has 1 N–H and O–H groups in total. The molecule has 0 radical (unpaired) electrons. The number of amides is 1. The molecule has 1 amide bonds. The first-order chi connectivity index (χ1) is 8.98. The van der Waals surface area contributed by atoms with Gasteiger partial charge in [-0.2, -0.15) is 4.39 Å². The smallest absolute Gasteiger partial charge is 0.251 e. The molecular formula is C14H20FN3O. The van der Waals surface area contributed by atoms with Gasteiger partial charge in [0.1, 0.15) is 0 Å². The molecule has 0 aliphatic carbocycles. The first-order valence-electron chi connectivity index (χ1n) is 6.57. The molecule has 104 valence electrons. The second-order valence-electron chi connectivity index (χ2n) is 5.66. The van der Waals surface area contributed by atoms with Crippen molar-refractivity contribution in [3.63, 3.8) is 0 Å². The van der Waals surface area contributed by atoms with Gasteiger partial charge in [0.2, 0.25) is 5.95 Å². The van der Waals surface area contributed by atoms with Crippen LogP contribution in [-0.2, 0) is 0 Å². The third-order valence-corrected chi connectivity index (χ3v) is 3.86. The van der Waals surface area contributed by atoms with Gasteiger partial charge in [-0.05, 0) is 44.5 Å². The van der Waals surface area contributed by atoms with Crippen molar-refractivity contribution in [2.75, 3.05) is 26.7 Å².